The molecular weight excluding hydrogens is 445 g/mol. The Kier molecular flexibility index (Phi) is 3.14. The molecule has 1 nitrogen and oxygen atoms in total. The number of para-hydroxylation sites is 1. The Morgan fingerprint density at radius 1 is 0.773 bits per heavy atom. The Bertz CT molecular complexity index is 917. The van der Waals surface area contributed by atoms with Crippen LogP contribution in [0.5, 0.6) is 0 Å². The summed E-state index contributed by atoms with van der Waals surface area (Å²) < 4.78 is 0. The number of benzene rings is 3. The van der Waals surface area contributed by atoms with Crippen LogP contribution in [0.4, 0.5) is 5.69 Å². The van der Waals surface area contributed by atoms with E-state index in [9.17, 15) is 0 Å². The van der Waals surface area contributed by atoms with Crippen molar-refractivity contribution in [2.75, 3.05) is 0 Å². The van der Waals surface area contributed by atoms with Crippen LogP contribution in [-0.2, 0) is 20.1 Å². The van der Waals surface area contributed by atoms with E-state index in [1.807, 2.05) is 6.07 Å². The van der Waals surface area contributed by atoms with Crippen LogP contribution >= 0.6 is 0 Å². The Labute approximate surface area is 143 Å². The molecule has 1 radical (unpaired) electrons. The van der Waals surface area contributed by atoms with Gasteiger partial charge >= 0.3 is 0 Å². The van der Waals surface area contributed by atoms with Gasteiger partial charge in [-0.3, -0.25) is 0 Å². The Hall–Kier alpha value is -1.96. The van der Waals surface area contributed by atoms with Crippen molar-refractivity contribution < 1.29 is 20.1 Å². The van der Waals surface area contributed by atoms with E-state index in [0.29, 0.717) is 0 Å². The van der Waals surface area contributed by atoms with Crippen molar-refractivity contribution in [1.82, 2.24) is 0 Å². The summed E-state index contributed by atoms with van der Waals surface area (Å²) in [5, 5.41) is 0. The second kappa shape index (κ2) is 5.05. The number of hydrogen-bond acceptors (Lipinski definition) is 1. The molecule has 0 aliphatic carbocycles. The van der Waals surface area contributed by atoms with Crippen LogP contribution in [0.25, 0.3) is 11.1 Å². The summed E-state index contributed by atoms with van der Waals surface area (Å²) in [6.07, 6.45) is 0. The van der Waals surface area contributed by atoms with E-state index >= 15 is 0 Å². The number of nitrogens with zero attached hydrogens (tertiary/aromatic N) is 1. The molecule has 0 unspecified atom stereocenters. The molecule has 0 saturated carbocycles. The van der Waals surface area contributed by atoms with Crippen LogP contribution in [-0.4, -0.2) is 12.3 Å². The van der Waals surface area contributed by atoms with Crippen LogP contribution in [0.3, 0.4) is 0 Å². The minimum atomic E-state index is 0. The SMILES string of the molecule is [Ir].[c-]1cccc2c1C1=Nc3ccccc3B1c1ccccc1-2. The summed E-state index contributed by atoms with van der Waals surface area (Å²) in [5.74, 6) is 0. The molecule has 0 amide bonds. The van der Waals surface area contributed by atoms with E-state index in [1.165, 1.54) is 22.1 Å². The van der Waals surface area contributed by atoms with Gasteiger partial charge in [-0.05, 0) is 11.7 Å². The predicted molar refractivity (Wildman–Crippen MR) is 88.4 cm³/mol. The largest absolute Gasteiger partial charge is 0.308 e. The maximum absolute atomic E-state index is 4.90. The van der Waals surface area contributed by atoms with Gasteiger partial charge in [0.25, 0.3) is 0 Å². The van der Waals surface area contributed by atoms with Crippen LogP contribution in [0.15, 0.2) is 71.7 Å². The van der Waals surface area contributed by atoms with Crippen molar-refractivity contribution in [3.05, 3.63) is 78.4 Å². The molecule has 5 rings (SSSR count). The zero-order chi connectivity index (χ0) is 13.8. The topological polar surface area (TPSA) is 12.4 Å². The molecule has 22 heavy (non-hydrogen) atoms. The summed E-state index contributed by atoms with van der Waals surface area (Å²) in [4.78, 5) is 4.90. The molecule has 0 atom stereocenters. The third-order valence-corrected chi connectivity index (χ3v) is 4.44. The monoisotopic (exact) mass is 457 g/mol. The molecule has 2 aliphatic rings. The van der Waals surface area contributed by atoms with Gasteiger partial charge in [-0.25, -0.2) is 0 Å². The van der Waals surface area contributed by atoms with E-state index in [0.717, 1.165) is 16.9 Å². The molecule has 3 aromatic rings. The second-order valence-corrected chi connectivity index (χ2v) is 5.53. The minimum Gasteiger partial charge on any atom is -0.308 e. The summed E-state index contributed by atoms with van der Waals surface area (Å²) in [6.45, 7) is 0.253. The molecule has 0 bridgehead atoms. The molecule has 0 fully saturated rings. The first-order valence-corrected chi connectivity index (χ1v) is 7.21. The average Bonchev–Trinajstić information content (AvgIpc) is 2.95. The molecule has 0 saturated heterocycles. The van der Waals surface area contributed by atoms with Gasteiger partial charge in [-0.2, -0.15) is 0 Å². The fourth-order valence-electron chi connectivity index (χ4n) is 3.56. The number of aliphatic imine (C=N–C) groups is 1. The maximum atomic E-state index is 4.90. The van der Waals surface area contributed by atoms with Gasteiger partial charge in [0.2, 0.25) is 6.71 Å². The molecular formula is C19H11BIrN-. The quantitative estimate of drug-likeness (QED) is 0.365. The Morgan fingerprint density at radius 2 is 1.50 bits per heavy atom. The summed E-state index contributed by atoms with van der Waals surface area (Å²) in [6, 6.07) is 26.7. The maximum Gasteiger partial charge on any atom is 0.215 e. The van der Waals surface area contributed by atoms with Gasteiger partial charge < -0.3 is 4.99 Å². The summed E-state index contributed by atoms with van der Waals surface area (Å²) >= 11 is 0. The van der Waals surface area contributed by atoms with Crippen molar-refractivity contribution >= 4 is 28.9 Å². The van der Waals surface area contributed by atoms with Crippen molar-refractivity contribution in [2.45, 2.75) is 0 Å². The number of hydrogen-bond donors (Lipinski definition) is 0. The van der Waals surface area contributed by atoms with Crippen LogP contribution in [0, 0.1) is 6.07 Å². The van der Waals surface area contributed by atoms with E-state index in [4.69, 9.17) is 4.99 Å². The normalized spacial score (nSPS) is 13.3. The van der Waals surface area contributed by atoms with Gasteiger partial charge in [0.15, 0.2) is 0 Å². The van der Waals surface area contributed by atoms with Gasteiger partial charge in [-0.1, -0.05) is 59.0 Å². The van der Waals surface area contributed by atoms with Gasteiger partial charge in [0.1, 0.15) is 0 Å². The first-order valence-electron chi connectivity index (χ1n) is 7.21. The van der Waals surface area contributed by atoms with Crippen molar-refractivity contribution in [2.24, 2.45) is 4.99 Å². The number of rotatable bonds is 0. The number of fused-ring (bicyclic) bond motifs is 8. The molecule has 2 aliphatic heterocycles. The summed E-state index contributed by atoms with van der Waals surface area (Å²) in [7, 11) is 0. The van der Waals surface area contributed by atoms with E-state index < -0.39 is 0 Å². The summed E-state index contributed by atoms with van der Waals surface area (Å²) in [5.41, 5.74) is 8.61. The Morgan fingerprint density at radius 3 is 2.41 bits per heavy atom. The van der Waals surface area contributed by atoms with Gasteiger partial charge in [0.05, 0.1) is 0 Å². The average molecular weight is 456 g/mol. The molecule has 3 aromatic carbocycles. The second-order valence-electron chi connectivity index (χ2n) is 5.53. The molecule has 0 aromatic heterocycles. The van der Waals surface area contributed by atoms with Crippen LogP contribution < -0.4 is 10.9 Å². The molecule has 3 heteroatoms. The molecule has 0 spiro atoms. The third kappa shape index (κ3) is 1.73. The minimum absolute atomic E-state index is 0. The van der Waals surface area contributed by atoms with E-state index in [-0.39, 0.29) is 26.8 Å². The fraction of sp³-hybridized carbons (Fsp3) is 0. The van der Waals surface area contributed by atoms with Crippen LogP contribution in [0.1, 0.15) is 5.56 Å². The van der Waals surface area contributed by atoms with Gasteiger partial charge in [0, 0.05) is 25.8 Å². The van der Waals surface area contributed by atoms with Crippen molar-refractivity contribution in [3.63, 3.8) is 0 Å². The third-order valence-electron chi connectivity index (χ3n) is 4.44. The van der Waals surface area contributed by atoms with Crippen molar-refractivity contribution in [1.29, 1.82) is 0 Å². The molecule has 0 N–H and O–H groups in total. The molecule has 105 valence electrons. The standard InChI is InChI=1S/C19H11BN.Ir/c1-2-9-15-13(7-1)14-8-3-4-10-16(14)20-17-11-5-6-12-18(17)21-19(15)20;/h1-8,10-12H;/q-1;. The first kappa shape index (κ1) is 13.7. The zero-order valence-corrected chi connectivity index (χ0v) is 14.1. The Balaban J connectivity index is 0.00000125. The van der Waals surface area contributed by atoms with Crippen LogP contribution in [0.2, 0.25) is 0 Å². The first-order chi connectivity index (χ1) is 10.4. The van der Waals surface area contributed by atoms with E-state index in [1.54, 1.807) is 0 Å². The zero-order valence-electron chi connectivity index (χ0n) is 11.7. The fourth-order valence-corrected chi connectivity index (χ4v) is 3.56. The van der Waals surface area contributed by atoms with Gasteiger partial charge in [-0.15, -0.1) is 35.4 Å². The van der Waals surface area contributed by atoms with Crippen molar-refractivity contribution in [3.8, 4) is 11.1 Å². The van der Waals surface area contributed by atoms with E-state index in [2.05, 4.69) is 66.7 Å². The molecule has 2 heterocycles. The smallest absolute Gasteiger partial charge is 0.215 e. The predicted octanol–water partition coefficient (Wildman–Crippen LogP) is 2.75.